The smallest absolute Gasteiger partial charge is 0.206 e. The predicted molar refractivity (Wildman–Crippen MR) is 79.5 cm³/mol. The predicted octanol–water partition coefficient (Wildman–Crippen LogP) is 3.84. The Hall–Kier alpha value is -2.05. The summed E-state index contributed by atoms with van der Waals surface area (Å²) in [6, 6.07) is 13.8. The lowest BCUT2D eigenvalue weighted by Gasteiger charge is -2.16. The summed E-state index contributed by atoms with van der Waals surface area (Å²) in [5.74, 6) is -0.614. The van der Waals surface area contributed by atoms with Crippen LogP contribution in [-0.4, -0.2) is 20.6 Å². The minimum atomic E-state index is -1.62. The van der Waals surface area contributed by atoms with E-state index in [1.165, 1.54) is 24.3 Å². The minimum Gasteiger partial charge on any atom is -0.240 e. The molecule has 1 aromatic heterocycles. The molecule has 0 radical (unpaired) electrons. The van der Waals surface area contributed by atoms with Crippen molar-refractivity contribution in [2.75, 3.05) is 0 Å². The Balaban J connectivity index is 0.000000211. The zero-order valence-corrected chi connectivity index (χ0v) is 12.6. The molecular weight excluding hydrogens is 333 g/mol. The Labute approximate surface area is 135 Å². The molecule has 0 fully saturated rings. The molecule has 8 heteroatoms. The highest BCUT2D eigenvalue weighted by molar-refractivity contribution is 6.49. The second-order valence-electron chi connectivity index (χ2n) is 4.10. The van der Waals surface area contributed by atoms with E-state index in [4.69, 9.17) is 23.2 Å². The summed E-state index contributed by atoms with van der Waals surface area (Å²) < 4.78 is 23.7. The van der Waals surface area contributed by atoms with Gasteiger partial charge in [0.05, 0.1) is 0 Å². The lowest BCUT2D eigenvalue weighted by atomic mass is 10.1. The van der Waals surface area contributed by atoms with Crippen LogP contribution in [0.15, 0.2) is 54.6 Å². The fourth-order valence-electron chi connectivity index (χ4n) is 1.55. The zero-order valence-electron chi connectivity index (χ0n) is 11.0. The van der Waals surface area contributed by atoms with Crippen molar-refractivity contribution in [3.63, 3.8) is 0 Å². The highest BCUT2D eigenvalue weighted by atomic mass is 35.5. The average Bonchev–Trinajstić information content (AvgIpc) is 3.04. The van der Waals surface area contributed by atoms with Gasteiger partial charge in [0.2, 0.25) is 4.33 Å². The van der Waals surface area contributed by atoms with Crippen LogP contribution in [0, 0.1) is 11.6 Å². The van der Waals surface area contributed by atoms with Gasteiger partial charge in [-0.05, 0) is 28.6 Å². The molecule has 0 spiro atoms. The van der Waals surface area contributed by atoms with Gasteiger partial charge in [-0.15, -0.1) is 5.10 Å². The number of aromatic nitrogens is 4. The second kappa shape index (κ2) is 7.29. The van der Waals surface area contributed by atoms with Crippen molar-refractivity contribution in [1.29, 1.82) is 0 Å². The first-order valence-corrected chi connectivity index (χ1v) is 6.85. The third-order valence-electron chi connectivity index (χ3n) is 2.59. The summed E-state index contributed by atoms with van der Waals surface area (Å²) in [6.45, 7) is 0. The molecule has 2 aromatic carbocycles. The summed E-state index contributed by atoms with van der Waals surface area (Å²) >= 11 is 12.0. The molecule has 4 nitrogen and oxygen atoms in total. The largest absolute Gasteiger partial charge is 0.240 e. The summed E-state index contributed by atoms with van der Waals surface area (Å²) in [5.41, 5.74) is 0.104. The Kier molecular flexibility index (Phi) is 5.41. The van der Waals surface area contributed by atoms with Crippen LogP contribution in [0.25, 0.3) is 0 Å². The van der Waals surface area contributed by atoms with Gasteiger partial charge in [-0.2, -0.15) is 0 Å². The van der Waals surface area contributed by atoms with Crippen LogP contribution in [0.5, 0.6) is 0 Å². The van der Waals surface area contributed by atoms with Gasteiger partial charge in [-0.3, -0.25) is 0 Å². The number of rotatable bonds is 2. The monoisotopic (exact) mass is 342 g/mol. The molecule has 1 N–H and O–H groups in total. The van der Waals surface area contributed by atoms with Gasteiger partial charge in [-0.1, -0.05) is 59.6 Å². The molecule has 0 amide bonds. The van der Waals surface area contributed by atoms with Gasteiger partial charge < -0.3 is 0 Å². The standard InChI is InChI=1S/C8H5Cl2FN4.C6H5F/c9-8(10,7-12-14-15-13-7)5-3-1-2-4-6(5)11;7-6-4-2-1-3-5-6/h1-4H,(H,12,13,14,15);1-5H. The third-order valence-corrected chi connectivity index (χ3v) is 3.35. The maximum absolute atomic E-state index is 13.4. The van der Waals surface area contributed by atoms with Crippen molar-refractivity contribution < 1.29 is 8.78 Å². The molecule has 3 rings (SSSR count). The third kappa shape index (κ3) is 3.99. The maximum atomic E-state index is 13.4. The molecule has 0 aliphatic carbocycles. The molecule has 0 unspecified atom stereocenters. The zero-order chi connectivity index (χ0) is 16.0. The van der Waals surface area contributed by atoms with Gasteiger partial charge in [0.25, 0.3) is 0 Å². The first kappa shape index (κ1) is 16.3. The molecule has 0 atom stereocenters. The number of aromatic amines is 1. The fourth-order valence-corrected chi connectivity index (χ4v) is 2.02. The van der Waals surface area contributed by atoms with E-state index in [1.807, 2.05) is 0 Å². The summed E-state index contributed by atoms with van der Waals surface area (Å²) in [4.78, 5) is 0. The summed E-state index contributed by atoms with van der Waals surface area (Å²) in [7, 11) is 0. The van der Waals surface area contributed by atoms with Crippen molar-refractivity contribution in [2.24, 2.45) is 0 Å². The van der Waals surface area contributed by atoms with Gasteiger partial charge >= 0.3 is 0 Å². The molecule has 22 heavy (non-hydrogen) atoms. The van der Waals surface area contributed by atoms with Crippen molar-refractivity contribution in [1.82, 2.24) is 20.6 Å². The highest BCUT2D eigenvalue weighted by Crippen LogP contribution is 2.39. The lowest BCUT2D eigenvalue weighted by molar-refractivity contribution is 0.604. The Bertz CT molecular complexity index is 706. The van der Waals surface area contributed by atoms with Crippen LogP contribution in [0.3, 0.4) is 0 Å². The van der Waals surface area contributed by atoms with E-state index in [9.17, 15) is 8.78 Å². The molecule has 3 aromatic rings. The molecule has 114 valence electrons. The number of hydrogen-bond donors (Lipinski definition) is 1. The number of alkyl halides is 2. The van der Waals surface area contributed by atoms with Crippen molar-refractivity contribution in [2.45, 2.75) is 4.33 Å². The van der Waals surface area contributed by atoms with E-state index in [1.54, 1.807) is 30.3 Å². The molecule has 0 saturated heterocycles. The molecule has 0 bridgehead atoms. The fraction of sp³-hybridized carbons (Fsp3) is 0.0714. The SMILES string of the molecule is Fc1ccccc1.Fc1ccccc1C(Cl)(Cl)c1nnn[nH]1. The van der Waals surface area contributed by atoms with Crippen molar-refractivity contribution in [3.8, 4) is 0 Å². The average molecular weight is 343 g/mol. The normalized spacial score (nSPS) is 10.7. The number of nitrogens with one attached hydrogen (secondary N) is 1. The van der Waals surface area contributed by atoms with Gasteiger partial charge in [0.1, 0.15) is 11.6 Å². The van der Waals surface area contributed by atoms with Crippen molar-refractivity contribution in [3.05, 3.63) is 77.6 Å². The number of H-pyrrole nitrogens is 1. The van der Waals surface area contributed by atoms with Gasteiger partial charge in [-0.25, -0.2) is 13.9 Å². The van der Waals surface area contributed by atoms with Crippen molar-refractivity contribution >= 4 is 23.2 Å². The number of halogens is 4. The van der Waals surface area contributed by atoms with E-state index < -0.39 is 10.2 Å². The molecule has 0 aliphatic rings. The second-order valence-corrected chi connectivity index (χ2v) is 5.43. The quantitative estimate of drug-likeness (QED) is 0.720. The summed E-state index contributed by atoms with van der Waals surface area (Å²) in [5, 5.41) is 12.6. The molecule has 1 heterocycles. The van der Waals surface area contributed by atoms with Crippen LogP contribution in [0.4, 0.5) is 8.78 Å². The lowest BCUT2D eigenvalue weighted by Crippen LogP contribution is -2.16. The van der Waals surface area contributed by atoms with E-state index >= 15 is 0 Å². The highest BCUT2D eigenvalue weighted by Gasteiger charge is 2.35. The maximum Gasteiger partial charge on any atom is 0.206 e. The van der Waals surface area contributed by atoms with Gasteiger partial charge in [0, 0.05) is 5.56 Å². The van der Waals surface area contributed by atoms with E-state index in [2.05, 4.69) is 20.6 Å². The molecule has 0 aliphatic heterocycles. The Morgan fingerprint density at radius 1 is 0.909 bits per heavy atom. The first-order chi connectivity index (χ1) is 10.5. The minimum absolute atomic E-state index is 0.0796. The van der Waals surface area contributed by atoms with Crippen LogP contribution >= 0.6 is 23.2 Å². The van der Waals surface area contributed by atoms with Gasteiger partial charge in [0.15, 0.2) is 5.82 Å². The summed E-state index contributed by atoms with van der Waals surface area (Å²) in [6.07, 6.45) is 0. The van der Waals surface area contributed by atoms with E-state index in [-0.39, 0.29) is 17.2 Å². The van der Waals surface area contributed by atoms with E-state index in [0.29, 0.717) is 0 Å². The van der Waals surface area contributed by atoms with Crippen LogP contribution in [-0.2, 0) is 4.33 Å². The van der Waals surface area contributed by atoms with E-state index in [0.717, 1.165) is 0 Å². The topological polar surface area (TPSA) is 54.5 Å². The molecule has 0 saturated carbocycles. The Morgan fingerprint density at radius 2 is 1.55 bits per heavy atom. The number of hydrogen-bond acceptors (Lipinski definition) is 3. The molecular formula is C14H10Cl2F2N4. The van der Waals surface area contributed by atoms with Crippen LogP contribution < -0.4 is 0 Å². The number of tetrazole rings is 1. The van der Waals surface area contributed by atoms with Crippen LogP contribution in [0.2, 0.25) is 0 Å². The Morgan fingerprint density at radius 3 is 2.05 bits per heavy atom. The first-order valence-electron chi connectivity index (χ1n) is 6.09. The van der Waals surface area contributed by atoms with Crippen LogP contribution in [0.1, 0.15) is 11.4 Å². The number of benzene rings is 2. The number of nitrogens with zero attached hydrogens (tertiary/aromatic N) is 3.